The molecule has 2 amide bonds. The quantitative estimate of drug-likeness (QED) is 0.176. The topological polar surface area (TPSA) is 151 Å². The highest BCUT2D eigenvalue weighted by atomic mass is 32.2. The normalized spacial score (nSPS) is 11.5. The summed E-state index contributed by atoms with van der Waals surface area (Å²) in [7, 11) is 1.56. The predicted molar refractivity (Wildman–Crippen MR) is 164 cm³/mol. The number of ether oxygens (including phenoxy) is 3. The van der Waals surface area contributed by atoms with Gasteiger partial charge in [0.15, 0.2) is 11.0 Å². The van der Waals surface area contributed by atoms with E-state index < -0.39 is 23.1 Å². The summed E-state index contributed by atoms with van der Waals surface area (Å²) < 4.78 is 17.3. The van der Waals surface area contributed by atoms with E-state index in [1.807, 2.05) is 4.57 Å². The van der Waals surface area contributed by atoms with E-state index in [1.165, 1.54) is 11.8 Å². The van der Waals surface area contributed by atoms with Crippen LogP contribution in [0.2, 0.25) is 0 Å². The summed E-state index contributed by atoms with van der Waals surface area (Å²) >= 11 is 2.17. The molecule has 2 N–H and O–H groups in total. The Morgan fingerprint density at radius 2 is 1.70 bits per heavy atom. The number of carbonyl (C=O) groups is 4. The lowest BCUT2D eigenvalue weighted by atomic mass is 10.1. The van der Waals surface area contributed by atoms with Crippen molar-refractivity contribution in [1.29, 1.82) is 0 Å². The average Bonchev–Trinajstić information content (AvgIpc) is 3.53. The summed E-state index contributed by atoms with van der Waals surface area (Å²) in [5.41, 5.74) is 0.997. The molecule has 3 aromatic rings. The van der Waals surface area contributed by atoms with Gasteiger partial charge < -0.3 is 29.4 Å². The minimum atomic E-state index is -0.644. The summed E-state index contributed by atoms with van der Waals surface area (Å²) in [6, 6.07) is 6.78. The maximum atomic E-state index is 13.3. The van der Waals surface area contributed by atoms with Crippen molar-refractivity contribution < 1.29 is 33.4 Å². The molecule has 0 saturated heterocycles. The molecule has 0 radical (unpaired) electrons. The summed E-state index contributed by atoms with van der Waals surface area (Å²) in [5, 5.41) is 14.3. The molecule has 12 nitrogen and oxygen atoms in total. The SMILES string of the molecule is CCCCn1c(CNC(=O)c2ccc(OC)cc2)nnc1S[C@@H](C)C(=O)Nc1sc(C(=O)OCC)c(C)c1C(=O)OCC. The Morgan fingerprint density at radius 3 is 2.33 bits per heavy atom. The number of unbranched alkanes of at least 4 members (excludes halogenated alkanes) is 1. The second kappa shape index (κ2) is 16.1. The molecule has 1 aromatic carbocycles. The molecule has 2 heterocycles. The highest BCUT2D eigenvalue weighted by Gasteiger charge is 2.29. The van der Waals surface area contributed by atoms with Gasteiger partial charge in [-0.05, 0) is 63.9 Å². The van der Waals surface area contributed by atoms with Crippen LogP contribution in [0.25, 0.3) is 0 Å². The fourth-order valence-corrected chi connectivity index (χ4v) is 5.93. The Labute approximate surface area is 258 Å². The van der Waals surface area contributed by atoms with Crippen LogP contribution in [0.3, 0.4) is 0 Å². The number of nitrogens with one attached hydrogen (secondary N) is 2. The molecular formula is C29H37N5O7S2. The fourth-order valence-electron chi connectivity index (χ4n) is 3.95. The third-order valence-corrected chi connectivity index (χ3v) is 8.53. The zero-order valence-corrected chi connectivity index (χ0v) is 26.8. The smallest absolute Gasteiger partial charge is 0.348 e. The van der Waals surface area contributed by atoms with Crippen molar-refractivity contribution in [3.05, 3.63) is 51.7 Å². The van der Waals surface area contributed by atoms with Crippen molar-refractivity contribution in [3.63, 3.8) is 0 Å². The number of thioether (sulfide) groups is 1. The van der Waals surface area contributed by atoms with Gasteiger partial charge in [-0.3, -0.25) is 9.59 Å². The molecule has 0 spiro atoms. The van der Waals surface area contributed by atoms with Gasteiger partial charge in [0.05, 0.1) is 37.7 Å². The minimum absolute atomic E-state index is 0.126. The molecule has 0 aliphatic carbocycles. The standard InChI is InChI=1S/C29H37N5O7S2/c1-7-10-15-34-21(16-30-25(36)19-11-13-20(39-6)14-12-19)32-33-29(34)42-18(5)24(35)31-26-22(27(37)40-8-2)17(4)23(43-26)28(38)41-9-3/h11-14,18H,7-10,15-16H2,1-6H3,(H,30,36)(H,31,35)/t18-/m0/s1. The van der Waals surface area contributed by atoms with Crippen LogP contribution in [-0.4, -0.2) is 64.1 Å². The molecular weight excluding hydrogens is 594 g/mol. The van der Waals surface area contributed by atoms with E-state index in [0.29, 0.717) is 34.4 Å². The van der Waals surface area contributed by atoms with E-state index in [-0.39, 0.29) is 41.1 Å². The van der Waals surface area contributed by atoms with Crippen LogP contribution in [0, 0.1) is 6.92 Å². The molecule has 14 heteroatoms. The number of nitrogens with zero attached hydrogens (tertiary/aromatic N) is 3. The summed E-state index contributed by atoms with van der Waals surface area (Å²) in [4.78, 5) is 51.4. The zero-order valence-electron chi connectivity index (χ0n) is 25.1. The van der Waals surface area contributed by atoms with Crippen molar-refractivity contribution in [2.24, 2.45) is 0 Å². The number of methoxy groups -OCH3 is 1. The Kier molecular flexibility index (Phi) is 12.6. The maximum Gasteiger partial charge on any atom is 0.348 e. The van der Waals surface area contributed by atoms with Crippen LogP contribution in [0.4, 0.5) is 5.00 Å². The Hall–Kier alpha value is -3.91. The molecule has 1 atom stereocenters. The summed E-state index contributed by atoms with van der Waals surface area (Å²) in [6.45, 7) is 9.82. The Morgan fingerprint density at radius 1 is 1.02 bits per heavy atom. The molecule has 0 unspecified atom stereocenters. The molecule has 43 heavy (non-hydrogen) atoms. The van der Waals surface area contributed by atoms with E-state index in [0.717, 1.165) is 24.2 Å². The first kappa shape index (κ1) is 33.6. The van der Waals surface area contributed by atoms with Crippen LogP contribution in [-0.2, 0) is 27.4 Å². The number of aromatic nitrogens is 3. The predicted octanol–water partition coefficient (Wildman–Crippen LogP) is 4.86. The van der Waals surface area contributed by atoms with E-state index in [4.69, 9.17) is 14.2 Å². The third kappa shape index (κ3) is 8.57. The number of carbonyl (C=O) groups excluding carboxylic acids is 4. The molecule has 0 fully saturated rings. The van der Waals surface area contributed by atoms with Crippen LogP contribution in [0.1, 0.15) is 82.3 Å². The number of hydrogen-bond acceptors (Lipinski definition) is 11. The van der Waals surface area contributed by atoms with Crippen molar-refractivity contribution >= 4 is 51.9 Å². The molecule has 0 bridgehead atoms. The average molecular weight is 632 g/mol. The van der Waals surface area contributed by atoms with Crippen molar-refractivity contribution in [3.8, 4) is 5.75 Å². The number of anilines is 1. The van der Waals surface area contributed by atoms with E-state index in [2.05, 4.69) is 27.8 Å². The molecule has 2 aromatic heterocycles. The number of esters is 2. The lowest BCUT2D eigenvalue weighted by Gasteiger charge is -2.14. The van der Waals surface area contributed by atoms with E-state index in [1.54, 1.807) is 59.1 Å². The highest BCUT2D eigenvalue weighted by Crippen LogP contribution is 2.35. The van der Waals surface area contributed by atoms with Crippen LogP contribution in [0.5, 0.6) is 5.75 Å². The van der Waals surface area contributed by atoms with Gasteiger partial charge in [-0.25, -0.2) is 9.59 Å². The molecule has 0 saturated carbocycles. The largest absolute Gasteiger partial charge is 0.497 e. The van der Waals surface area contributed by atoms with Crippen LogP contribution >= 0.6 is 23.1 Å². The number of rotatable bonds is 15. The van der Waals surface area contributed by atoms with Gasteiger partial charge in [0.2, 0.25) is 5.91 Å². The second-order valence-electron chi connectivity index (χ2n) is 9.27. The third-order valence-electron chi connectivity index (χ3n) is 6.26. The van der Waals surface area contributed by atoms with Gasteiger partial charge in [0.1, 0.15) is 15.6 Å². The molecule has 0 aliphatic rings. The minimum Gasteiger partial charge on any atom is -0.497 e. The number of benzene rings is 1. The van der Waals surface area contributed by atoms with Crippen LogP contribution < -0.4 is 15.4 Å². The highest BCUT2D eigenvalue weighted by molar-refractivity contribution is 8.00. The first-order valence-electron chi connectivity index (χ1n) is 13.9. The second-order valence-corrected chi connectivity index (χ2v) is 11.6. The van der Waals surface area contributed by atoms with Crippen molar-refractivity contribution in [2.45, 2.75) is 71.0 Å². The van der Waals surface area contributed by atoms with E-state index in [9.17, 15) is 19.2 Å². The molecule has 232 valence electrons. The van der Waals surface area contributed by atoms with Gasteiger partial charge in [0.25, 0.3) is 5.91 Å². The van der Waals surface area contributed by atoms with E-state index >= 15 is 0 Å². The van der Waals surface area contributed by atoms with Crippen molar-refractivity contribution in [1.82, 2.24) is 20.1 Å². The first-order chi connectivity index (χ1) is 20.6. The van der Waals surface area contributed by atoms with Gasteiger partial charge in [0, 0.05) is 12.1 Å². The Balaban J connectivity index is 1.76. The lowest BCUT2D eigenvalue weighted by molar-refractivity contribution is -0.115. The van der Waals surface area contributed by atoms with Crippen LogP contribution in [0.15, 0.2) is 29.4 Å². The summed E-state index contributed by atoms with van der Waals surface area (Å²) in [6.07, 6.45) is 1.77. The first-order valence-corrected chi connectivity index (χ1v) is 15.6. The number of thiophene rings is 1. The molecule has 3 rings (SSSR count). The van der Waals surface area contributed by atoms with Gasteiger partial charge in [-0.1, -0.05) is 25.1 Å². The Bertz CT molecular complexity index is 1440. The van der Waals surface area contributed by atoms with Gasteiger partial charge >= 0.3 is 11.9 Å². The zero-order chi connectivity index (χ0) is 31.5. The van der Waals surface area contributed by atoms with Gasteiger partial charge in [-0.15, -0.1) is 21.5 Å². The molecule has 0 aliphatic heterocycles. The van der Waals surface area contributed by atoms with Gasteiger partial charge in [-0.2, -0.15) is 0 Å². The number of amides is 2. The lowest BCUT2D eigenvalue weighted by Crippen LogP contribution is -2.25. The van der Waals surface area contributed by atoms with Crippen molar-refractivity contribution in [2.75, 3.05) is 25.6 Å². The summed E-state index contributed by atoms with van der Waals surface area (Å²) in [5.74, 6) is -0.659. The fraction of sp³-hybridized carbons (Fsp3) is 0.448. The number of hydrogen-bond donors (Lipinski definition) is 2. The monoisotopic (exact) mass is 631 g/mol. The maximum absolute atomic E-state index is 13.3.